The number of hydrogen-bond acceptors (Lipinski definition) is 1. The minimum Gasteiger partial charge on any atom is -0.306 e. The van der Waals surface area contributed by atoms with Crippen molar-refractivity contribution >= 4 is 0 Å². The van der Waals surface area contributed by atoms with Gasteiger partial charge in [-0.15, -0.1) is 0 Å². The predicted octanol–water partition coefficient (Wildman–Crippen LogP) is 3.30. The van der Waals surface area contributed by atoms with Crippen molar-refractivity contribution in [3.8, 4) is 0 Å². The van der Waals surface area contributed by atoms with Crippen molar-refractivity contribution in [2.75, 3.05) is 6.54 Å². The van der Waals surface area contributed by atoms with Crippen molar-refractivity contribution in [1.82, 2.24) is 5.32 Å². The van der Waals surface area contributed by atoms with Crippen LogP contribution in [-0.4, -0.2) is 18.8 Å². The minimum atomic E-state index is -4.21. The first-order valence-electron chi connectivity index (χ1n) is 6.00. The molecule has 1 aliphatic rings. The smallest absolute Gasteiger partial charge is 0.306 e. The Hall–Kier alpha value is -1.10. The van der Waals surface area contributed by atoms with Gasteiger partial charge in [-0.05, 0) is 43.4 Å². The van der Waals surface area contributed by atoms with Crippen LogP contribution in [0, 0.1) is 11.7 Å². The van der Waals surface area contributed by atoms with E-state index in [-0.39, 0.29) is 18.2 Å². The quantitative estimate of drug-likeness (QED) is 0.805. The molecule has 100 valence electrons. The first-order chi connectivity index (χ1) is 8.47. The normalized spacial score (nSPS) is 25.1. The average molecular weight is 261 g/mol. The van der Waals surface area contributed by atoms with Gasteiger partial charge in [-0.3, -0.25) is 0 Å². The molecule has 1 saturated heterocycles. The fourth-order valence-corrected chi connectivity index (χ4v) is 2.41. The largest absolute Gasteiger partial charge is 0.403 e. The molecule has 0 amide bonds. The SMILES string of the molecule is Fc1ccccc1CC1CCNC(C(F)(F)F)C1. The third kappa shape index (κ3) is 3.22. The number of halogens is 4. The molecule has 0 bridgehead atoms. The van der Waals surface area contributed by atoms with Gasteiger partial charge in [0.15, 0.2) is 0 Å². The highest BCUT2D eigenvalue weighted by Gasteiger charge is 2.42. The summed E-state index contributed by atoms with van der Waals surface area (Å²) in [6, 6.07) is 4.82. The molecule has 0 radical (unpaired) electrons. The summed E-state index contributed by atoms with van der Waals surface area (Å²) in [5.74, 6) is -0.450. The maximum absolute atomic E-state index is 13.4. The highest BCUT2D eigenvalue weighted by Crippen LogP contribution is 2.30. The molecule has 1 aromatic carbocycles. The predicted molar refractivity (Wildman–Crippen MR) is 60.7 cm³/mol. The third-order valence-corrected chi connectivity index (χ3v) is 3.37. The molecule has 1 N–H and O–H groups in total. The van der Waals surface area contributed by atoms with Gasteiger partial charge in [-0.2, -0.15) is 13.2 Å². The second-order valence-corrected chi connectivity index (χ2v) is 4.73. The van der Waals surface area contributed by atoms with Gasteiger partial charge in [-0.1, -0.05) is 18.2 Å². The second kappa shape index (κ2) is 5.26. The molecule has 1 aromatic rings. The molecule has 1 nitrogen and oxygen atoms in total. The molecule has 5 heteroatoms. The summed E-state index contributed by atoms with van der Waals surface area (Å²) in [7, 11) is 0. The topological polar surface area (TPSA) is 12.0 Å². The van der Waals surface area contributed by atoms with Crippen LogP contribution in [-0.2, 0) is 6.42 Å². The molecular formula is C13H15F4N. The molecule has 2 rings (SSSR count). The third-order valence-electron chi connectivity index (χ3n) is 3.37. The first-order valence-corrected chi connectivity index (χ1v) is 6.00. The van der Waals surface area contributed by atoms with E-state index < -0.39 is 12.2 Å². The minimum absolute atomic E-state index is 0.0256. The molecule has 1 fully saturated rings. The summed E-state index contributed by atoms with van der Waals surface area (Å²) in [6.45, 7) is 0.337. The summed E-state index contributed by atoms with van der Waals surface area (Å²) < 4.78 is 51.2. The number of alkyl halides is 3. The van der Waals surface area contributed by atoms with Crippen LogP contribution in [0.2, 0.25) is 0 Å². The van der Waals surface area contributed by atoms with Crippen LogP contribution >= 0.6 is 0 Å². The molecule has 1 heterocycles. The Bertz CT molecular complexity index is 402. The van der Waals surface area contributed by atoms with Crippen molar-refractivity contribution in [3.63, 3.8) is 0 Å². The molecular weight excluding hydrogens is 246 g/mol. The van der Waals surface area contributed by atoms with Crippen molar-refractivity contribution in [2.24, 2.45) is 5.92 Å². The monoisotopic (exact) mass is 261 g/mol. The summed E-state index contributed by atoms with van der Waals surface area (Å²) in [4.78, 5) is 0. The Labute approximate surface area is 103 Å². The number of piperidine rings is 1. The van der Waals surface area contributed by atoms with Gasteiger partial charge in [0.2, 0.25) is 0 Å². The van der Waals surface area contributed by atoms with E-state index in [1.165, 1.54) is 6.07 Å². The van der Waals surface area contributed by atoms with Crippen molar-refractivity contribution < 1.29 is 17.6 Å². The van der Waals surface area contributed by atoms with Crippen LogP contribution < -0.4 is 5.32 Å². The zero-order valence-electron chi connectivity index (χ0n) is 9.80. The molecule has 1 aliphatic heterocycles. The molecule has 2 unspecified atom stereocenters. The fraction of sp³-hybridized carbons (Fsp3) is 0.538. The van der Waals surface area contributed by atoms with Crippen molar-refractivity contribution in [3.05, 3.63) is 35.6 Å². The lowest BCUT2D eigenvalue weighted by molar-refractivity contribution is -0.163. The zero-order chi connectivity index (χ0) is 13.2. The lowest BCUT2D eigenvalue weighted by Gasteiger charge is -2.31. The summed E-state index contributed by atoms with van der Waals surface area (Å²) in [6.07, 6.45) is -3.16. The van der Waals surface area contributed by atoms with E-state index in [1.54, 1.807) is 18.2 Å². The van der Waals surface area contributed by atoms with Gasteiger partial charge in [0.1, 0.15) is 11.9 Å². The summed E-state index contributed by atoms with van der Waals surface area (Å²) >= 11 is 0. The van der Waals surface area contributed by atoms with Crippen LogP contribution in [0.3, 0.4) is 0 Å². The lowest BCUT2D eigenvalue weighted by atomic mass is 9.87. The Morgan fingerprint density at radius 3 is 2.61 bits per heavy atom. The number of rotatable bonds is 2. The molecule has 2 atom stereocenters. The average Bonchev–Trinajstić information content (AvgIpc) is 2.31. The Balaban J connectivity index is 2.00. The Kier molecular flexibility index (Phi) is 3.90. The van der Waals surface area contributed by atoms with Gasteiger partial charge < -0.3 is 5.32 Å². The van der Waals surface area contributed by atoms with Crippen LogP contribution in [0.25, 0.3) is 0 Å². The Morgan fingerprint density at radius 1 is 1.22 bits per heavy atom. The van der Waals surface area contributed by atoms with Crippen LogP contribution in [0.4, 0.5) is 17.6 Å². The maximum Gasteiger partial charge on any atom is 0.403 e. The molecule has 0 aromatic heterocycles. The molecule has 0 spiro atoms. The van der Waals surface area contributed by atoms with Crippen molar-refractivity contribution in [2.45, 2.75) is 31.5 Å². The lowest BCUT2D eigenvalue weighted by Crippen LogP contribution is -2.48. The zero-order valence-corrected chi connectivity index (χ0v) is 9.80. The molecule has 0 aliphatic carbocycles. The summed E-state index contributed by atoms with van der Waals surface area (Å²) in [5.41, 5.74) is 0.505. The van der Waals surface area contributed by atoms with Gasteiger partial charge >= 0.3 is 6.18 Å². The summed E-state index contributed by atoms with van der Waals surface area (Å²) in [5, 5.41) is 2.47. The fourth-order valence-electron chi connectivity index (χ4n) is 2.41. The van der Waals surface area contributed by atoms with Gasteiger partial charge in [0, 0.05) is 0 Å². The van der Waals surface area contributed by atoms with Gasteiger partial charge in [0.25, 0.3) is 0 Å². The highest BCUT2D eigenvalue weighted by atomic mass is 19.4. The standard InChI is InChI=1S/C13H15F4N/c14-11-4-2-1-3-10(11)7-9-5-6-18-12(8-9)13(15,16)17/h1-4,9,12,18H,5-8H2. The van der Waals surface area contributed by atoms with Crippen molar-refractivity contribution in [1.29, 1.82) is 0 Å². The van der Waals surface area contributed by atoms with Gasteiger partial charge in [0.05, 0.1) is 0 Å². The number of nitrogens with one attached hydrogen (secondary N) is 1. The van der Waals surface area contributed by atoms with E-state index >= 15 is 0 Å². The van der Waals surface area contributed by atoms with Crippen LogP contribution in [0.15, 0.2) is 24.3 Å². The van der Waals surface area contributed by atoms with E-state index in [1.807, 2.05) is 0 Å². The van der Waals surface area contributed by atoms with E-state index in [9.17, 15) is 17.6 Å². The van der Waals surface area contributed by atoms with Gasteiger partial charge in [-0.25, -0.2) is 4.39 Å². The number of hydrogen-bond donors (Lipinski definition) is 1. The van der Waals surface area contributed by atoms with E-state index in [0.717, 1.165) is 0 Å². The van der Waals surface area contributed by atoms with Crippen LogP contribution in [0.1, 0.15) is 18.4 Å². The first kappa shape index (κ1) is 13.3. The highest BCUT2D eigenvalue weighted by molar-refractivity contribution is 5.18. The maximum atomic E-state index is 13.4. The Morgan fingerprint density at radius 2 is 1.94 bits per heavy atom. The van der Waals surface area contributed by atoms with E-state index in [4.69, 9.17) is 0 Å². The van der Waals surface area contributed by atoms with E-state index in [2.05, 4.69) is 5.32 Å². The van der Waals surface area contributed by atoms with Crippen LogP contribution in [0.5, 0.6) is 0 Å². The van der Waals surface area contributed by atoms with E-state index in [0.29, 0.717) is 24.9 Å². The molecule has 0 saturated carbocycles. The molecule has 18 heavy (non-hydrogen) atoms. The second-order valence-electron chi connectivity index (χ2n) is 4.73. The number of benzene rings is 1.